The van der Waals surface area contributed by atoms with Crippen molar-refractivity contribution in [2.24, 2.45) is 43.9 Å². The van der Waals surface area contributed by atoms with E-state index in [1.807, 2.05) is 0 Å². The van der Waals surface area contributed by atoms with Crippen LogP contribution in [0, 0.1) is 54.3 Å². The number of benzene rings is 2. The Balaban J connectivity index is 0.000000259. The number of aryl methyl sites for hydroxylation is 2. The van der Waals surface area contributed by atoms with Gasteiger partial charge in [0, 0.05) is 5.92 Å². The van der Waals surface area contributed by atoms with Crippen LogP contribution in [0.25, 0.3) is 0 Å². The zero-order chi connectivity index (χ0) is 34.8. The van der Waals surface area contributed by atoms with Crippen molar-refractivity contribution in [1.82, 2.24) is 0 Å². The summed E-state index contributed by atoms with van der Waals surface area (Å²) in [5.41, 5.74) is 8.77. The molecule has 0 saturated carbocycles. The van der Waals surface area contributed by atoms with Crippen LogP contribution in [-0.4, -0.2) is 26.8 Å². The number of nitrogens with zero attached hydrogens (tertiary/aromatic N) is 1. The SMILES string of the molecule is CC1=C(C2C(C)[C@@H](C)C=C(C(C)(C)C)[C@H]2O)[C@@H](O)C(C(C)(C)C)C[C@H]1C.Cc1cccc(C)c1[N]=[Mo]=[CH]C(C)(C)c1ccccc1. The fourth-order valence-corrected chi connectivity index (χ4v) is 9.37. The molecule has 0 aliphatic heterocycles. The molecule has 0 saturated heterocycles. The summed E-state index contributed by atoms with van der Waals surface area (Å²) < 4.78 is 7.31. The van der Waals surface area contributed by atoms with Crippen LogP contribution in [-0.2, 0) is 23.3 Å². The number of hydrogen-bond donors (Lipinski definition) is 2. The van der Waals surface area contributed by atoms with E-state index in [4.69, 9.17) is 3.50 Å². The molecule has 0 spiro atoms. The summed E-state index contributed by atoms with van der Waals surface area (Å²) in [5, 5.41) is 22.8. The molecule has 2 N–H and O–H groups in total. The van der Waals surface area contributed by atoms with Crippen LogP contribution >= 0.6 is 0 Å². The zero-order valence-corrected chi connectivity index (χ0v) is 33.3. The van der Waals surface area contributed by atoms with Crippen molar-refractivity contribution < 1.29 is 28.1 Å². The van der Waals surface area contributed by atoms with E-state index in [-0.39, 0.29) is 28.1 Å². The molecule has 3 nitrogen and oxygen atoms in total. The normalized spacial score (nSPS) is 27.3. The van der Waals surface area contributed by atoms with E-state index in [1.165, 1.54) is 28.0 Å². The first-order chi connectivity index (χ1) is 21.2. The number of allylic oxidation sites excluding steroid dienone is 2. The van der Waals surface area contributed by atoms with Gasteiger partial charge in [0.2, 0.25) is 0 Å². The van der Waals surface area contributed by atoms with Crippen molar-refractivity contribution in [1.29, 1.82) is 0 Å². The van der Waals surface area contributed by atoms with Gasteiger partial charge in [-0.3, -0.25) is 0 Å². The van der Waals surface area contributed by atoms with Gasteiger partial charge in [-0.15, -0.1) is 0 Å². The average Bonchev–Trinajstić information content (AvgIpc) is 2.95. The maximum atomic E-state index is 11.4. The molecule has 4 rings (SSSR count). The summed E-state index contributed by atoms with van der Waals surface area (Å²) in [6, 6.07) is 17.1. The first kappa shape index (κ1) is 38.6. The third-order valence-electron chi connectivity index (χ3n) is 10.8. The van der Waals surface area contributed by atoms with E-state index in [0.717, 1.165) is 17.6 Å². The second-order valence-electron chi connectivity index (χ2n) is 16.9. The van der Waals surface area contributed by atoms with Gasteiger partial charge in [-0.1, -0.05) is 74.0 Å². The minimum atomic E-state index is -0.508. The van der Waals surface area contributed by atoms with Crippen LogP contribution in [0.15, 0.2) is 74.8 Å². The van der Waals surface area contributed by atoms with E-state index in [2.05, 4.69) is 156 Å². The molecule has 0 fully saturated rings. The third kappa shape index (κ3) is 9.00. The van der Waals surface area contributed by atoms with Crippen LogP contribution in [0.3, 0.4) is 0 Å². The molecule has 0 heterocycles. The average molecular weight is 710 g/mol. The first-order valence-corrected chi connectivity index (χ1v) is 19.4. The van der Waals surface area contributed by atoms with Crippen LogP contribution in [0.1, 0.15) is 106 Å². The fraction of sp³-hybridized carbons (Fsp3) is 0.595. The van der Waals surface area contributed by atoms with Crippen LogP contribution in [0.2, 0.25) is 0 Å². The van der Waals surface area contributed by atoms with Gasteiger partial charge in [0.1, 0.15) is 0 Å². The Labute approximate surface area is 289 Å². The van der Waals surface area contributed by atoms with Gasteiger partial charge >= 0.3 is 130 Å². The standard InChI is InChI=1S/C24H42O2.C10H12.C8H9N.Mo/c1-13-11-17(23(5,6)7)21(25)19(15(13)3)20-16(4)14(2)12-18(22(20)26)24(8,9)10;1-10(2,3)9-7-5-4-6-8-9;1-6-4-3-5-7(2)8(6)9;/h11,13-15,18-19,21-22,25-26H,12H2,1-10H3;1,4-8H,2-3H3;3-5H,1-2H3;/t13-,14+,15?,18?,19?,21+,22-;;;/m0.../s1. The monoisotopic (exact) mass is 711 g/mol. The third-order valence-corrected chi connectivity index (χ3v) is 13.2. The van der Waals surface area contributed by atoms with Crippen molar-refractivity contribution >= 4 is 10.1 Å². The summed E-state index contributed by atoms with van der Waals surface area (Å²) in [5.74, 6) is 1.41. The van der Waals surface area contributed by atoms with E-state index in [0.29, 0.717) is 17.8 Å². The molecule has 4 heteroatoms. The molecule has 0 bridgehead atoms. The van der Waals surface area contributed by atoms with Gasteiger partial charge in [-0.25, -0.2) is 0 Å². The van der Waals surface area contributed by atoms with Crippen molar-refractivity contribution in [2.75, 3.05) is 0 Å². The second-order valence-corrected chi connectivity index (χ2v) is 18.4. The topological polar surface area (TPSA) is 52.8 Å². The molecule has 2 aliphatic carbocycles. The Bertz CT molecular complexity index is 1440. The van der Waals surface area contributed by atoms with Gasteiger partial charge in [0.05, 0.1) is 12.2 Å². The van der Waals surface area contributed by atoms with Crippen LogP contribution < -0.4 is 0 Å². The summed E-state index contributed by atoms with van der Waals surface area (Å²) in [7, 11) is 0. The molecular weight excluding hydrogens is 646 g/mol. The van der Waals surface area contributed by atoms with E-state index >= 15 is 0 Å². The van der Waals surface area contributed by atoms with Gasteiger partial charge in [-0.2, -0.15) is 0 Å². The Hall–Kier alpha value is -1.80. The molecule has 2 aliphatic rings. The summed E-state index contributed by atoms with van der Waals surface area (Å²) in [4.78, 5) is 0. The summed E-state index contributed by atoms with van der Waals surface area (Å²) >= 11 is -0.493. The molecular formula is C42H63MoNO2. The zero-order valence-electron chi connectivity index (χ0n) is 31.3. The fourth-order valence-electron chi connectivity index (χ4n) is 7.29. The molecule has 0 amide bonds. The van der Waals surface area contributed by atoms with Crippen molar-refractivity contribution in [3.05, 3.63) is 88.0 Å². The molecule has 2 aromatic rings. The second kappa shape index (κ2) is 15.2. The molecule has 7 atom stereocenters. The first-order valence-electron chi connectivity index (χ1n) is 17.3. The van der Waals surface area contributed by atoms with Gasteiger partial charge in [0.25, 0.3) is 0 Å². The van der Waals surface area contributed by atoms with E-state index in [1.54, 1.807) is 0 Å². The van der Waals surface area contributed by atoms with Crippen molar-refractivity contribution in [3.8, 4) is 0 Å². The van der Waals surface area contributed by atoms with Crippen molar-refractivity contribution in [3.63, 3.8) is 0 Å². The molecule has 46 heavy (non-hydrogen) atoms. The quantitative estimate of drug-likeness (QED) is 0.245. The Morgan fingerprint density at radius 1 is 0.783 bits per heavy atom. The number of hydrogen-bond acceptors (Lipinski definition) is 3. The Kier molecular flexibility index (Phi) is 12.7. The molecule has 3 unspecified atom stereocenters. The number of aliphatic hydroxyl groups is 2. The van der Waals surface area contributed by atoms with Gasteiger partial charge in [0.15, 0.2) is 0 Å². The van der Waals surface area contributed by atoms with Gasteiger partial charge < -0.3 is 10.2 Å². The Morgan fingerprint density at radius 2 is 1.35 bits per heavy atom. The summed E-state index contributed by atoms with van der Waals surface area (Å²) in [6.45, 7) is 31.0. The van der Waals surface area contributed by atoms with E-state index in [9.17, 15) is 10.2 Å². The molecule has 0 radical (unpaired) electrons. The van der Waals surface area contributed by atoms with Crippen LogP contribution in [0.5, 0.6) is 0 Å². The predicted molar refractivity (Wildman–Crippen MR) is 194 cm³/mol. The van der Waals surface area contributed by atoms with E-state index < -0.39 is 30.1 Å². The maximum absolute atomic E-state index is 11.4. The molecule has 254 valence electrons. The van der Waals surface area contributed by atoms with Crippen LogP contribution in [0.4, 0.5) is 5.69 Å². The molecule has 2 aromatic carbocycles. The Morgan fingerprint density at radius 3 is 1.87 bits per heavy atom. The number of rotatable bonds is 4. The number of aliphatic hydroxyl groups excluding tert-OH is 2. The summed E-state index contributed by atoms with van der Waals surface area (Å²) in [6.07, 6.45) is 2.34. The van der Waals surface area contributed by atoms with Crippen molar-refractivity contribution in [2.45, 2.75) is 121 Å². The minimum absolute atomic E-state index is 0.00632. The molecule has 0 aromatic heterocycles. The van der Waals surface area contributed by atoms with Gasteiger partial charge in [-0.05, 0) is 59.0 Å². The predicted octanol–water partition coefficient (Wildman–Crippen LogP) is 10.6.